The predicted octanol–water partition coefficient (Wildman–Crippen LogP) is 9.63. The Kier molecular flexibility index (Phi) is 5.26. The molecule has 0 saturated heterocycles. The van der Waals surface area contributed by atoms with Crippen molar-refractivity contribution in [2.45, 2.75) is 6.92 Å². The number of para-hydroxylation sites is 4. The van der Waals surface area contributed by atoms with Gasteiger partial charge in [0.05, 0.1) is 39.0 Å². The Bertz CT molecular complexity index is 2890. The van der Waals surface area contributed by atoms with Crippen molar-refractivity contribution >= 4 is 65.5 Å². The van der Waals surface area contributed by atoms with Crippen LogP contribution in [0.1, 0.15) is 5.69 Å². The summed E-state index contributed by atoms with van der Waals surface area (Å²) < 4.78 is 12.4. The fourth-order valence-corrected chi connectivity index (χ4v) is 7.44. The molecule has 222 valence electrons. The second-order valence-electron chi connectivity index (χ2n) is 12.1. The van der Waals surface area contributed by atoms with E-state index in [1.54, 1.807) is 0 Å². The summed E-state index contributed by atoms with van der Waals surface area (Å²) >= 11 is 0. The molecule has 6 heteroatoms. The van der Waals surface area contributed by atoms with Crippen LogP contribution in [0.15, 0.2) is 149 Å². The number of aryl methyl sites for hydroxylation is 1. The van der Waals surface area contributed by atoms with E-state index < -0.39 is 0 Å². The minimum Gasteiger partial charge on any atom is -0.422 e. The number of hydrogen-bond acceptors (Lipinski definition) is 3. The molecule has 0 aliphatic rings. The highest BCUT2D eigenvalue weighted by molar-refractivity contribution is 6.13. The topological polar surface area (TPSA) is 57.9 Å². The van der Waals surface area contributed by atoms with Gasteiger partial charge in [-0.15, -0.1) is 0 Å². The van der Waals surface area contributed by atoms with E-state index in [0.717, 1.165) is 44.4 Å². The van der Waals surface area contributed by atoms with Gasteiger partial charge in [0.1, 0.15) is 11.0 Å². The molecular formula is C41H26N4O2. The van der Waals surface area contributed by atoms with Gasteiger partial charge >= 0.3 is 5.63 Å². The van der Waals surface area contributed by atoms with Crippen molar-refractivity contribution in [1.82, 2.24) is 18.9 Å². The summed E-state index contributed by atoms with van der Waals surface area (Å²) in [6, 6.07) is 48.4. The first-order chi connectivity index (χ1) is 23.2. The van der Waals surface area contributed by atoms with E-state index in [-0.39, 0.29) is 5.63 Å². The number of benzene rings is 6. The van der Waals surface area contributed by atoms with Crippen molar-refractivity contribution in [3.8, 4) is 17.1 Å². The Morgan fingerprint density at radius 1 is 0.511 bits per heavy atom. The largest absolute Gasteiger partial charge is 0.422 e. The minimum absolute atomic E-state index is 0.380. The van der Waals surface area contributed by atoms with Crippen LogP contribution in [0.5, 0.6) is 0 Å². The molecule has 0 spiro atoms. The summed E-state index contributed by atoms with van der Waals surface area (Å²) in [4.78, 5) is 13.2. The fourth-order valence-electron chi connectivity index (χ4n) is 7.44. The summed E-state index contributed by atoms with van der Waals surface area (Å²) in [5, 5.41) is 10.9. The molecule has 0 radical (unpaired) electrons. The SMILES string of the molecule is Cc1nn(-c2ccccc2)c2c1c(=O)oc1ccc(-n3c4ccccc4c4cc(-n5c6ccccc6c6ccccc65)ccc43)cc12. The molecule has 0 N–H and O–H groups in total. The molecule has 0 aliphatic heterocycles. The predicted molar refractivity (Wildman–Crippen MR) is 191 cm³/mol. The Labute approximate surface area is 267 Å². The van der Waals surface area contributed by atoms with Gasteiger partial charge in [-0.25, -0.2) is 9.48 Å². The van der Waals surface area contributed by atoms with Crippen LogP contribution in [0.25, 0.3) is 82.5 Å². The number of fused-ring (bicyclic) bond motifs is 9. The van der Waals surface area contributed by atoms with Crippen LogP contribution >= 0.6 is 0 Å². The van der Waals surface area contributed by atoms with Gasteiger partial charge in [0.2, 0.25) is 0 Å². The first-order valence-electron chi connectivity index (χ1n) is 15.7. The van der Waals surface area contributed by atoms with Crippen LogP contribution in [0.3, 0.4) is 0 Å². The zero-order valence-electron chi connectivity index (χ0n) is 25.4. The maximum atomic E-state index is 13.2. The average molecular weight is 607 g/mol. The molecule has 0 bridgehead atoms. The van der Waals surface area contributed by atoms with Gasteiger partial charge in [-0.3, -0.25) is 0 Å². The standard InChI is InChI=1S/C41H26N4O2/c1-25-39-40(45(42-25)26-11-3-2-4-12-26)33-24-28(20-22-38(33)47-41(39)46)44-36-18-10-7-15-31(36)32-23-27(19-21-37(32)44)43-34-16-8-5-13-29(34)30-14-6-9-17-35(30)43/h2-24H,1H3. The van der Waals surface area contributed by atoms with Gasteiger partial charge < -0.3 is 13.6 Å². The lowest BCUT2D eigenvalue weighted by atomic mass is 10.1. The first-order valence-corrected chi connectivity index (χ1v) is 15.7. The van der Waals surface area contributed by atoms with E-state index in [2.05, 4.69) is 106 Å². The van der Waals surface area contributed by atoms with Crippen LogP contribution in [-0.2, 0) is 0 Å². The monoisotopic (exact) mass is 606 g/mol. The van der Waals surface area contributed by atoms with Crippen molar-refractivity contribution in [1.29, 1.82) is 0 Å². The normalized spacial score (nSPS) is 12.0. The van der Waals surface area contributed by atoms with Crippen molar-refractivity contribution in [2.24, 2.45) is 0 Å². The highest BCUT2D eigenvalue weighted by atomic mass is 16.4. The lowest BCUT2D eigenvalue weighted by Crippen LogP contribution is -2.03. The molecule has 6 aromatic carbocycles. The van der Waals surface area contributed by atoms with E-state index in [1.807, 2.05) is 54.1 Å². The lowest BCUT2D eigenvalue weighted by molar-refractivity contribution is 0.569. The van der Waals surface area contributed by atoms with Crippen LogP contribution in [0, 0.1) is 6.92 Å². The van der Waals surface area contributed by atoms with E-state index >= 15 is 0 Å². The summed E-state index contributed by atoms with van der Waals surface area (Å²) in [6.07, 6.45) is 0. The first kappa shape index (κ1) is 25.9. The van der Waals surface area contributed by atoms with Gasteiger partial charge in [-0.05, 0) is 73.7 Å². The van der Waals surface area contributed by atoms with Gasteiger partial charge in [-0.1, -0.05) is 72.8 Å². The molecule has 0 saturated carbocycles. The van der Waals surface area contributed by atoms with Crippen molar-refractivity contribution in [3.05, 3.63) is 156 Å². The molecule has 0 amide bonds. The average Bonchev–Trinajstić information content (AvgIpc) is 3.76. The van der Waals surface area contributed by atoms with Gasteiger partial charge in [-0.2, -0.15) is 5.10 Å². The third kappa shape index (κ3) is 3.61. The molecule has 0 unspecified atom stereocenters. The quantitative estimate of drug-likeness (QED) is 0.188. The third-order valence-electron chi connectivity index (χ3n) is 9.44. The summed E-state index contributed by atoms with van der Waals surface area (Å²) in [6.45, 7) is 1.86. The van der Waals surface area contributed by atoms with E-state index in [0.29, 0.717) is 16.7 Å². The molecule has 0 aliphatic carbocycles. The second-order valence-corrected chi connectivity index (χ2v) is 12.1. The van der Waals surface area contributed by atoms with Gasteiger partial charge in [0.15, 0.2) is 0 Å². The maximum absolute atomic E-state index is 13.2. The highest BCUT2D eigenvalue weighted by Gasteiger charge is 2.20. The molecule has 4 aromatic heterocycles. The molecule has 0 atom stereocenters. The highest BCUT2D eigenvalue weighted by Crippen LogP contribution is 2.38. The Morgan fingerprint density at radius 3 is 1.66 bits per heavy atom. The smallest absolute Gasteiger partial charge is 0.347 e. The number of hydrogen-bond donors (Lipinski definition) is 0. The van der Waals surface area contributed by atoms with Crippen molar-refractivity contribution in [3.63, 3.8) is 0 Å². The molecule has 0 fully saturated rings. The molecule has 10 rings (SSSR count). The van der Waals surface area contributed by atoms with Crippen LogP contribution < -0.4 is 5.63 Å². The zero-order chi connectivity index (χ0) is 31.2. The van der Waals surface area contributed by atoms with E-state index in [9.17, 15) is 4.79 Å². The lowest BCUT2D eigenvalue weighted by Gasteiger charge is -2.11. The van der Waals surface area contributed by atoms with E-state index in [4.69, 9.17) is 9.52 Å². The Morgan fingerprint density at radius 2 is 1.02 bits per heavy atom. The van der Waals surface area contributed by atoms with E-state index in [1.165, 1.54) is 27.2 Å². The number of nitrogens with zero attached hydrogens (tertiary/aromatic N) is 4. The minimum atomic E-state index is -0.380. The molecule has 4 heterocycles. The summed E-state index contributed by atoms with van der Waals surface area (Å²) in [7, 11) is 0. The molecule has 6 nitrogen and oxygen atoms in total. The Hall–Kier alpha value is -6.40. The fraction of sp³-hybridized carbons (Fsp3) is 0.0244. The van der Waals surface area contributed by atoms with Crippen LogP contribution in [0.4, 0.5) is 0 Å². The maximum Gasteiger partial charge on any atom is 0.347 e. The third-order valence-corrected chi connectivity index (χ3v) is 9.44. The summed E-state index contributed by atoms with van der Waals surface area (Å²) in [5.74, 6) is 0. The Balaban J connectivity index is 1.25. The van der Waals surface area contributed by atoms with Gasteiger partial charge in [0, 0.05) is 38.3 Å². The zero-order valence-corrected chi connectivity index (χ0v) is 25.4. The second kappa shape index (κ2) is 9.55. The molecule has 10 aromatic rings. The summed E-state index contributed by atoms with van der Waals surface area (Å²) in [5.41, 5.74) is 9.06. The van der Waals surface area contributed by atoms with Crippen LogP contribution in [0.2, 0.25) is 0 Å². The van der Waals surface area contributed by atoms with Crippen molar-refractivity contribution < 1.29 is 4.42 Å². The van der Waals surface area contributed by atoms with Gasteiger partial charge in [0.25, 0.3) is 0 Å². The van der Waals surface area contributed by atoms with Crippen molar-refractivity contribution in [2.75, 3.05) is 0 Å². The van der Waals surface area contributed by atoms with Crippen LogP contribution in [-0.4, -0.2) is 18.9 Å². The molecule has 47 heavy (non-hydrogen) atoms. The number of rotatable bonds is 3. The number of aromatic nitrogens is 4. The molecular weight excluding hydrogens is 580 g/mol.